The highest BCUT2D eigenvalue weighted by molar-refractivity contribution is 9.10. The fraction of sp³-hybridized carbons (Fsp3) is 0.176. The monoisotopic (exact) mass is 453 g/mol. The summed E-state index contributed by atoms with van der Waals surface area (Å²) in [6.45, 7) is 2.40. The Balaban J connectivity index is 1.86. The summed E-state index contributed by atoms with van der Waals surface area (Å²) in [5, 5.41) is 9.10. The molecule has 136 valence electrons. The standard InChI is InChI=1S/C17H16BrN3O3S2/c1-3-24-14-8-10-15(11-9-14)26(22,23)21(2)17-20-19-16(25-17)12-4-6-13(18)7-5-12/h4-11H,3H2,1-2H3. The molecule has 0 saturated carbocycles. The molecule has 0 unspecified atom stereocenters. The predicted molar refractivity (Wildman–Crippen MR) is 106 cm³/mol. The van der Waals surface area contributed by atoms with E-state index in [0.29, 0.717) is 22.5 Å². The van der Waals surface area contributed by atoms with Crippen LogP contribution >= 0.6 is 27.3 Å². The van der Waals surface area contributed by atoms with E-state index in [2.05, 4.69) is 26.1 Å². The maximum Gasteiger partial charge on any atom is 0.265 e. The molecule has 0 saturated heterocycles. The minimum absolute atomic E-state index is 0.170. The largest absolute Gasteiger partial charge is 0.494 e. The molecule has 0 aliphatic carbocycles. The Labute approximate surface area is 164 Å². The van der Waals surface area contributed by atoms with Crippen molar-refractivity contribution in [3.63, 3.8) is 0 Å². The summed E-state index contributed by atoms with van der Waals surface area (Å²) in [4.78, 5) is 0.170. The van der Waals surface area contributed by atoms with Gasteiger partial charge in [-0.1, -0.05) is 39.4 Å². The van der Waals surface area contributed by atoms with Gasteiger partial charge in [0.15, 0.2) is 0 Å². The topological polar surface area (TPSA) is 72.4 Å². The van der Waals surface area contributed by atoms with Crippen molar-refractivity contribution >= 4 is 42.4 Å². The van der Waals surface area contributed by atoms with E-state index in [4.69, 9.17) is 4.74 Å². The van der Waals surface area contributed by atoms with Crippen molar-refractivity contribution in [2.24, 2.45) is 0 Å². The van der Waals surface area contributed by atoms with Crippen LogP contribution in [0.25, 0.3) is 10.6 Å². The second-order valence-corrected chi connectivity index (χ2v) is 9.11. The molecule has 0 radical (unpaired) electrons. The molecule has 0 amide bonds. The second-order valence-electron chi connectivity index (χ2n) is 5.27. The van der Waals surface area contributed by atoms with Crippen LogP contribution in [0.5, 0.6) is 5.75 Å². The minimum Gasteiger partial charge on any atom is -0.494 e. The highest BCUT2D eigenvalue weighted by Crippen LogP contribution is 2.31. The van der Waals surface area contributed by atoms with Gasteiger partial charge >= 0.3 is 0 Å². The summed E-state index contributed by atoms with van der Waals surface area (Å²) >= 11 is 4.60. The summed E-state index contributed by atoms with van der Waals surface area (Å²) in [5.74, 6) is 0.627. The van der Waals surface area contributed by atoms with E-state index >= 15 is 0 Å². The van der Waals surface area contributed by atoms with Crippen molar-refractivity contribution in [2.75, 3.05) is 18.0 Å². The first-order chi connectivity index (χ1) is 12.4. The quantitative estimate of drug-likeness (QED) is 0.559. The first-order valence-electron chi connectivity index (χ1n) is 7.73. The highest BCUT2D eigenvalue weighted by atomic mass is 79.9. The Morgan fingerprint density at radius 1 is 1.08 bits per heavy atom. The molecule has 3 rings (SSSR count). The molecule has 0 spiro atoms. The predicted octanol–water partition coefficient (Wildman–Crippen LogP) is 4.19. The smallest absolute Gasteiger partial charge is 0.265 e. The Bertz CT molecular complexity index is 987. The number of sulfonamides is 1. The molecular formula is C17H16BrN3O3S2. The molecule has 0 atom stereocenters. The molecule has 1 heterocycles. The molecular weight excluding hydrogens is 438 g/mol. The second kappa shape index (κ2) is 7.73. The van der Waals surface area contributed by atoms with Crippen molar-refractivity contribution in [1.29, 1.82) is 0 Å². The summed E-state index contributed by atoms with van der Waals surface area (Å²) in [6.07, 6.45) is 0. The van der Waals surface area contributed by atoms with Crippen LogP contribution in [0.15, 0.2) is 57.9 Å². The van der Waals surface area contributed by atoms with Gasteiger partial charge in [-0.05, 0) is 43.3 Å². The number of ether oxygens (including phenoxy) is 1. The van der Waals surface area contributed by atoms with Crippen LogP contribution in [0.2, 0.25) is 0 Å². The SMILES string of the molecule is CCOc1ccc(S(=O)(=O)N(C)c2nnc(-c3ccc(Br)cc3)s2)cc1. The molecule has 0 N–H and O–H groups in total. The number of anilines is 1. The number of nitrogens with zero attached hydrogens (tertiary/aromatic N) is 3. The highest BCUT2D eigenvalue weighted by Gasteiger charge is 2.24. The van der Waals surface area contributed by atoms with Crippen LogP contribution in [-0.2, 0) is 10.0 Å². The van der Waals surface area contributed by atoms with Crippen LogP contribution in [-0.4, -0.2) is 32.3 Å². The Kier molecular flexibility index (Phi) is 5.59. The molecule has 26 heavy (non-hydrogen) atoms. The van der Waals surface area contributed by atoms with Gasteiger partial charge < -0.3 is 4.74 Å². The van der Waals surface area contributed by atoms with Gasteiger partial charge in [-0.15, -0.1) is 10.2 Å². The zero-order valence-electron chi connectivity index (χ0n) is 14.1. The summed E-state index contributed by atoms with van der Waals surface area (Å²) in [7, 11) is -2.25. The molecule has 0 bridgehead atoms. The molecule has 6 nitrogen and oxygen atoms in total. The van der Waals surface area contributed by atoms with E-state index in [-0.39, 0.29) is 4.90 Å². The van der Waals surface area contributed by atoms with Gasteiger partial charge in [0.25, 0.3) is 10.0 Å². The lowest BCUT2D eigenvalue weighted by molar-refractivity contribution is 0.340. The van der Waals surface area contributed by atoms with E-state index in [1.807, 2.05) is 31.2 Å². The summed E-state index contributed by atoms with van der Waals surface area (Å²) in [5.41, 5.74) is 0.879. The van der Waals surface area contributed by atoms with Crippen LogP contribution in [0.3, 0.4) is 0 Å². The third-order valence-corrected chi connectivity index (χ3v) is 7.02. The molecule has 2 aromatic carbocycles. The van der Waals surface area contributed by atoms with Gasteiger partial charge in [-0.3, -0.25) is 0 Å². The molecule has 1 aromatic heterocycles. The van der Waals surface area contributed by atoms with Crippen molar-refractivity contribution in [3.8, 4) is 16.3 Å². The number of rotatable bonds is 6. The Morgan fingerprint density at radius 3 is 2.35 bits per heavy atom. The van der Waals surface area contributed by atoms with E-state index in [1.54, 1.807) is 12.1 Å². The molecule has 0 aliphatic heterocycles. The maximum absolute atomic E-state index is 12.8. The fourth-order valence-electron chi connectivity index (χ4n) is 2.19. The van der Waals surface area contributed by atoms with E-state index in [9.17, 15) is 8.42 Å². The number of hydrogen-bond acceptors (Lipinski definition) is 6. The van der Waals surface area contributed by atoms with Crippen LogP contribution in [0.4, 0.5) is 5.13 Å². The number of hydrogen-bond donors (Lipinski definition) is 0. The fourth-order valence-corrected chi connectivity index (χ4v) is 4.61. The van der Waals surface area contributed by atoms with Gasteiger partial charge in [-0.2, -0.15) is 0 Å². The molecule has 0 aliphatic rings. The van der Waals surface area contributed by atoms with Crippen LogP contribution in [0, 0.1) is 0 Å². The normalized spacial score (nSPS) is 11.3. The van der Waals surface area contributed by atoms with E-state index in [1.165, 1.54) is 30.5 Å². The first-order valence-corrected chi connectivity index (χ1v) is 10.8. The Hall–Kier alpha value is -1.97. The van der Waals surface area contributed by atoms with Crippen molar-refractivity contribution in [1.82, 2.24) is 10.2 Å². The minimum atomic E-state index is -3.72. The third kappa shape index (κ3) is 3.89. The number of aromatic nitrogens is 2. The average Bonchev–Trinajstić information content (AvgIpc) is 3.12. The van der Waals surface area contributed by atoms with Gasteiger partial charge in [-0.25, -0.2) is 12.7 Å². The van der Waals surface area contributed by atoms with Gasteiger partial charge in [0, 0.05) is 17.1 Å². The molecule has 3 aromatic rings. The third-order valence-electron chi connectivity index (χ3n) is 3.57. The van der Waals surface area contributed by atoms with Crippen molar-refractivity contribution in [3.05, 3.63) is 53.0 Å². The zero-order chi connectivity index (χ0) is 18.7. The lowest BCUT2D eigenvalue weighted by Gasteiger charge is -2.15. The maximum atomic E-state index is 12.8. The molecule has 0 fully saturated rings. The van der Waals surface area contributed by atoms with Gasteiger partial charge in [0.05, 0.1) is 11.5 Å². The molecule has 9 heteroatoms. The number of benzene rings is 2. The van der Waals surface area contributed by atoms with Crippen LogP contribution in [0.1, 0.15) is 6.92 Å². The van der Waals surface area contributed by atoms with Crippen molar-refractivity contribution in [2.45, 2.75) is 11.8 Å². The van der Waals surface area contributed by atoms with Crippen molar-refractivity contribution < 1.29 is 13.2 Å². The van der Waals surface area contributed by atoms with E-state index in [0.717, 1.165) is 14.3 Å². The summed E-state index contributed by atoms with van der Waals surface area (Å²) in [6, 6.07) is 13.9. The number of halogens is 1. The Morgan fingerprint density at radius 2 is 1.73 bits per heavy atom. The van der Waals surface area contributed by atoms with E-state index < -0.39 is 10.0 Å². The van der Waals surface area contributed by atoms with Gasteiger partial charge in [0.2, 0.25) is 5.13 Å². The lowest BCUT2D eigenvalue weighted by atomic mass is 10.2. The lowest BCUT2D eigenvalue weighted by Crippen LogP contribution is -2.26. The zero-order valence-corrected chi connectivity index (χ0v) is 17.3. The van der Waals surface area contributed by atoms with Crippen LogP contribution < -0.4 is 9.04 Å². The van der Waals surface area contributed by atoms with Gasteiger partial charge in [0.1, 0.15) is 10.8 Å². The average molecular weight is 454 g/mol. The summed E-state index contributed by atoms with van der Waals surface area (Å²) < 4.78 is 33.1. The first kappa shape index (κ1) is 18.8.